The number of amides is 2. The van der Waals surface area contributed by atoms with E-state index in [2.05, 4.69) is 31.3 Å². The molecule has 22 heavy (non-hydrogen) atoms. The third kappa shape index (κ3) is 3.49. The van der Waals surface area contributed by atoms with Gasteiger partial charge in [0.25, 0.3) is 5.91 Å². The van der Waals surface area contributed by atoms with Crippen LogP contribution in [-0.2, 0) is 16.0 Å². The van der Waals surface area contributed by atoms with Gasteiger partial charge in [-0.25, -0.2) is 0 Å². The standard InChI is InChI=1S/C18H26N2O2/c1-4-6-8-14-9-10-16-15(12-14)17(19-13(3)21)18(22)20(16)11-7-5-2/h9-10,12,17H,4-8,11H2,1-3H3,(H,19,21). The SMILES string of the molecule is CCCCc1ccc2c(c1)C(NC(C)=O)C(=O)N2CCCC. The minimum Gasteiger partial charge on any atom is -0.341 e. The van der Waals surface area contributed by atoms with Crippen LogP contribution in [0.5, 0.6) is 0 Å². The molecule has 1 aliphatic rings. The number of hydrogen-bond donors (Lipinski definition) is 1. The second-order valence-electron chi connectivity index (χ2n) is 5.97. The quantitative estimate of drug-likeness (QED) is 0.839. The first-order valence-electron chi connectivity index (χ1n) is 8.29. The minimum absolute atomic E-state index is 0.00806. The molecule has 1 atom stereocenters. The summed E-state index contributed by atoms with van der Waals surface area (Å²) in [6, 6.07) is 5.72. The number of aryl methyl sites for hydroxylation is 1. The molecule has 0 saturated heterocycles. The molecule has 1 N–H and O–H groups in total. The Bertz CT molecular complexity index is 554. The van der Waals surface area contributed by atoms with E-state index < -0.39 is 6.04 Å². The second-order valence-corrected chi connectivity index (χ2v) is 5.97. The highest BCUT2D eigenvalue weighted by Gasteiger charge is 2.37. The van der Waals surface area contributed by atoms with Gasteiger partial charge >= 0.3 is 0 Å². The predicted molar refractivity (Wildman–Crippen MR) is 88.9 cm³/mol. The van der Waals surface area contributed by atoms with E-state index in [0.29, 0.717) is 6.54 Å². The lowest BCUT2D eigenvalue weighted by molar-refractivity contribution is -0.126. The van der Waals surface area contributed by atoms with Crippen LogP contribution in [0.1, 0.15) is 63.6 Å². The Morgan fingerprint density at radius 3 is 2.59 bits per heavy atom. The average molecular weight is 302 g/mol. The maximum absolute atomic E-state index is 12.6. The summed E-state index contributed by atoms with van der Waals surface area (Å²) in [6.45, 7) is 6.46. The monoisotopic (exact) mass is 302 g/mol. The molecule has 0 spiro atoms. The molecular weight excluding hydrogens is 276 g/mol. The summed E-state index contributed by atoms with van der Waals surface area (Å²) in [7, 11) is 0. The van der Waals surface area contributed by atoms with E-state index in [4.69, 9.17) is 0 Å². The highest BCUT2D eigenvalue weighted by atomic mass is 16.2. The van der Waals surface area contributed by atoms with Crippen LogP contribution in [0, 0.1) is 0 Å². The highest BCUT2D eigenvalue weighted by molar-refractivity contribution is 6.06. The number of rotatable bonds is 7. The van der Waals surface area contributed by atoms with Gasteiger partial charge in [-0.2, -0.15) is 0 Å². The van der Waals surface area contributed by atoms with Crippen LogP contribution in [0.4, 0.5) is 5.69 Å². The summed E-state index contributed by atoms with van der Waals surface area (Å²) in [4.78, 5) is 25.9. The predicted octanol–water partition coefficient (Wildman–Crippen LogP) is 3.35. The van der Waals surface area contributed by atoms with Crippen LogP contribution in [0.15, 0.2) is 18.2 Å². The molecule has 0 fully saturated rings. The Labute approximate surface area is 132 Å². The summed E-state index contributed by atoms with van der Waals surface area (Å²) in [5, 5.41) is 2.81. The van der Waals surface area contributed by atoms with Crippen LogP contribution in [0.25, 0.3) is 0 Å². The molecule has 120 valence electrons. The van der Waals surface area contributed by atoms with Gasteiger partial charge in [0, 0.05) is 24.7 Å². The normalized spacial score (nSPS) is 16.8. The Morgan fingerprint density at radius 1 is 1.23 bits per heavy atom. The summed E-state index contributed by atoms with van der Waals surface area (Å²) >= 11 is 0. The second kappa shape index (κ2) is 7.43. The van der Waals surface area contributed by atoms with Crippen LogP contribution >= 0.6 is 0 Å². The Hall–Kier alpha value is -1.84. The molecule has 0 saturated carbocycles. The number of carbonyl (C=O) groups is 2. The zero-order valence-corrected chi connectivity index (χ0v) is 13.8. The lowest BCUT2D eigenvalue weighted by Gasteiger charge is -2.17. The van der Waals surface area contributed by atoms with Crippen LogP contribution in [0.3, 0.4) is 0 Å². The van der Waals surface area contributed by atoms with E-state index in [1.807, 2.05) is 11.0 Å². The highest BCUT2D eigenvalue weighted by Crippen LogP contribution is 2.37. The zero-order valence-electron chi connectivity index (χ0n) is 13.8. The number of hydrogen-bond acceptors (Lipinski definition) is 2. The van der Waals surface area contributed by atoms with Gasteiger partial charge in [0.05, 0.1) is 0 Å². The number of anilines is 1. The number of nitrogens with zero attached hydrogens (tertiary/aromatic N) is 1. The van der Waals surface area contributed by atoms with Crippen molar-refractivity contribution in [1.29, 1.82) is 0 Å². The van der Waals surface area contributed by atoms with Crippen molar-refractivity contribution in [3.8, 4) is 0 Å². The van der Waals surface area contributed by atoms with Gasteiger partial charge in [-0.15, -0.1) is 0 Å². The fourth-order valence-corrected chi connectivity index (χ4v) is 2.91. The first-order valence-corrected chi connectivity index (χ1v) is 8.29. The fourth-order valence-electron chi connectivity index (χ4n) is 2.91. The van der Waals surface area contributed by atoms with Crippen LogP contribution in [-0.4, -0.2) is 18.4 Å². The molecule has 0 radical (unpaired) electrons. The molecule has 1 aliphatic heterocycles. The van der Waals surface area contributed by atoms with Gasteiger partial charge in [-0.05, 0) is 30.9 Å². The van der Waals surface area contributed by atoms with Crippen LogP contribution in [0.2, 0.25) is 0 Å². The van der Waals surface area contributed by atoms with Gasteiger partial charge in [0.2, 0.25) is 5.91 Å². The van der Waals surface area contributed by atoms with Crippen molar-refractivity contribution < 1.29 is 9.59 Å². The molecule has 4 nitrogen and oxygen atoms in total. The first kappa shape index (κ1) is 16.5. The topological polar surface area (TPSA) is 49.4 Å². The maximum Gasteiger partial charge on any atom is 0.254 e. The summed E-state index contributed by atoms with van der Waals surface area (Å²) in [5.74, 6) is -0.174. The van der Waals surface area contributed by atoms with Crippen molar-refractivity contribution >= 4 is 17.5 Å². The van der Waals surface area contributed by atoms with E-state index >= 15 is 0 Å². The molecular formula is C18H26N2O2. The van der Waals surface area contributed by atoms with Crippen molar-refractivity contribution in [2.75, 3.05) is 11.4 Å². The largest absolute Gasteiger partial charge is 0.341 e. The Balaban J connectivity index is 2.31. The molecule has 4 heteroatoms. The zero-order chi connectivity index (χ0) is 16.1. The minimum atomic E-state index is -0.522. The van der Waals surface area contributed by atoms with Crippen molar-refractivity contribution in [3.63, 3.8) is 0 Å². The van der Waals surface area contributed by atoms with E-state index in [9.17, 15) is 9.59 Å². The Kier molecular flexibility index (Phi) is 5.58. The number of nitrogens with one attached hydrogen (secondary N) is 1. The number of unbranched alkanes of at least 4 members (excludes halogenated alkanes) is 2. The van der Waals surface area contributed by atoms with Gasteiger partial charge in [-0.1, -0.05) is 38.8 Å². The van der Waals surface area contributed by atoms with Gasteiger partial charge in [0.1, 0.15) is 6.04 Å². The van der Waals surface area contributed by atoms with E-state index in [-0.39, 0.29) is 11.8 Å². The van der Waals surface area contributed by atoms with Crippen molar-refractivity contribution in [2.24, 2.45) is 0 Å². The third-order valence-electron chi connectivity index (χ3n) is 4.11. The van der Waals surface area contributed by atoms with Crippen LogP contribution < -0.4 is 10.2 Å². The molecule has 2 amide bonds. The number of fused-ring (bicyclic) bond motifs is 1. The molecule has 1 unspecified atom stereocenters. The number of carbonyl (C=O) groups excluding carboxylic acids is 2. The maximum atomic E-state index is 12.6. The van der Waals surface area contributed by atoms with Crippen molar-refractivity contribution in [2.45, 2.75) is 58.9 Å². The average Bonchev–Trinajstić information content (AvgIpc) is 2.75. The lowest BCUT2D eigenvalue weighted by Crippen LogP contribution is -2.37. The van der Waals surface area contributed by atoms with E-state index in [1.54, 1.807) is 0 Å². The molecule has 1 aromatic rings. The lowest BCUT2D eigenvalue weighted by atomic mass is 10.0. The fraction of sp³-hybridized carbons (Fsp3) is 0.556. The van der Waals surface area contributed by atoms with E-state index in [1.165, 1.54) is 12.5 Å². The Morgan fingerprint density at radius 2 is 1.95 bits per heavy atom. The molecule has 0 aromatic heterocycles. The summed E-state index contributed by atoms with van der Waals surface area (Å²) in [5.41, 5.74) is 3.14. The molecule has 1 aromatic carbocycles. The molecule has 0 aliphatic carbocycles. The third-order valence-corrected chi connectivity index (χ3v) is 4.11. The molecule has 2 rings (SSSR count). The molecule has 0 bridgehead atoms. The van der Waals surface area contributed by atoms with Gasteiger partial charge in [0.15, 0.2) is 0 Å². The summed E-state index contributed by atoms with van der Waals surface area (Å²) in [6.07, 6.45) is 5.30. The van der Waals surface area contributed by atoms with E-state index in [0.717, 1.165) is 43.4 Å². The van der Waals surface area contributed by atoms with Crippen molar-refractivity contribution in [1.82, 2.24) is 5.32 Å². The smallest absolute Gasteiger partial charge is 0.254 e. The summed E-state index contributed by atoms with van der Waals surface area (Å²) < 4.78 is 0. The van der Waals surface area contributed by atoms with Crippen molar-refractivity contribution in [3.05, 3.63) is 29.3 Å². The molecule has 1 heterocycles. The van der Waals surface area contributed by atoms with Gasteiger partial charge in [-0.3, -0.25) is 9.59 Å². The number of benzene rings is 1. The van der Waals surface area contributed by atoms with Gasteiger partial charge < -0.3 is 10.2 Å². The first-order chi connectivity index (χ1) is 10.6.